The lowest BCUT2D eigenvalue weighted by molar-refractivity contribution is 0.0908. The van der Waals surface area contributed by atoms with Crippen molar-refractivity contribution in [3.63, 3.8) is 0 Å². The highest BCUT2D eigenvalue weighted by Gasteiger charge is 2.26. The van der Waals surface area contributed by atoms with Crippen LogP contribution in [0.1, 0.15) is 48.7 Å². The summed E-state index contributed by atoms with van der Waals surface area (Å²) < 4.78 is 5.15. The van der Waals surface area contributed by atoms with Crippen molar-refractivity contribution < 1.29 is 9.32 Å². The first-order chi connectivity index (χ1) is 10.7. The normalized spacial score (nSPS) is 21.9. The molecule has 118 valence electrons. The maximum absolute atomic E-state index is 12.5. The van der Waals surface area contributed by atoms with Crippen molar-refractivity contribution in [3.05, 3.63) is 23.5 Å². The highest BCUT2D eigenvalue weighted by atomic mass is 16.5. The van der Waals surface area contributed by atoms with Gasteiger partial charge in [-0.3, -0.25) is 4.79 Å². The van der Waals surface area contributed by atoms with E-state index in [0.717, 1.165) is 36.8 Å². The molecule has 2 atom stereocenters. The fourth-order valence-corrected chi connectivity index (χ4v) is 3.19. The van der Waals surface area contributed by atoms with Gasteiger partial charge in [-0.1, -0.05) is 24.9 Å². The number of pyridine rings is 1. The molecule has 1 amide bonds. The molecule has 0 aromatic carbocycles. The third-order valence-electron chi connectivity index (χ3n) is 4.53. The van der Waals surface area contributed by atoms with Gasteiger partial charge in [0.2, 0.25) is 0 Å². The Bertz CT molecular complexity index is 667. The average Bonchev–Trinajstić information content (AvgIpc) is 2.97. The number of nitrogens with zero attached hydrogens (tertiary/aromatic N) is 2. The summed E-state index contributed by atoms with van der Waals surface area (Å²) in [4.78, 5) is 16.7. The zero-order valence-electron chi connectivity index (χ0n) is 12.8. The summed E-state index contributed by atoms with van der Waals surface area (Å²) in [6.45, 7) is 2.62. The predicted molar refractivity (Wildman–Crippen MR) is 83.4 cm³/mol. The Morgan fingerprint density at radius 2 is 2.27 bits per heavy atom. The predicted octanol–water partition coefficient (Wildman–Crippen LogP) is 2.03. The first-order valence-corrected chi connectivity index (χ1v) is 7.98. The lowest BCUT2D eigenvalue weighted by Gasteiger charge is -2.31. The summed E-state index contributed by atoms with van der Waals surface area (Å²) in [5.41, 5.74) is 7.68. The molecule has 2 aromatic heterocycles. The summed E-state index contributed by atoms with van der Waals surface area (Å²) >= 11 is 0. The van der Waals surface area contributed by atoms with E-state index in [0.29, 0.717) is 23.7 Å². The quantitative estimate of drug-likeness (QED) is 0.901. The Balaban J connectivity index is 1.79. The van der Waals surface area contributed by atoms with Crippen LogP contribution in [-0.2, 0) is 6.42 Å². The van der Waals surface area contributed by atoms with Crippen LogP contribution in [0.4, 0.5) is 0 Å². The van der Waals surface area contributed by atoms with E-state index >= 15 is 0 Å². The van der Waals surface area contributed by atoms with Gasteiger partial charge < -0.3 is 15.6 Å². The van der Waals surface area contributed by atoms with Crippen LogP contribution in [0.3, 0.4) is 0 Å². The lowest BCUT2D eigenvalue weighted by Crippen LogP contribution is -2.44. The summed E-state index contributed by atoms with van der Waals surface area (Å²) in [5, 5.41) is 7.90. The van der Waals surface area contributed by atoms with Crippen LogP contribution in [0.5, 0.6) is 0 Å². The van der Waals surface area contributed by atoms with E-state index in [9.17, 15) is 4.79 Å². The number of hydrogen-bond donors (Lipinski definition) is 2. The number of carbonyl (C=O) groups is 1. The molecule has 0 bridgehead atoms. The molecule has 0 spiro atoms. The molecule has 3 rings (SSSR count). The van der Waals surface area contributed by atoms with Crippen LogP contribution >= 0.6 is 0 Å². The number of carbonyl (C=O) groups excluding carboxylic acids is 1. The smallest absolute Gasteiger partial charge is 0.257 e. The Kier molecular flexibility index (Phi) is 4.38. The van der Waals surface area contributed by atoms with Crippen molar-refractivity contribution in [1.82, 2.24) is 15.5 Å². The SMILES string of the molecule is CCc1noc2ncc(C(=O)NC3CCCCC3CN)cc12. The molecule has 0 saturated heterocycles. The second kappa shape index (κ2) is 6.44. The molecule has 1 aliphatic carbocycles. The fraction of sp³-hybridized carbons (Fsp3) is 0.562. The monoisotopic (exact) mass is 302 g/mol. The molecule has 1 saturated carbocycles. The van der Waals surface area contributed by atoms with Crippen molar-refractivity contribution in [2.24, 2.45) is 11.7 Å². The molecule has 0 radical (unpaired) electrons. The number of fused-ring (bicyclic) bond motifs is 1. The molecule has 2 heterocycles. The molecule has 1 fully saturated rings. The Morgan fingerprint density at radius 3 is 3.05 bits per heavy atom. The minimum absolute atomic E-state index is 0.0944. The van der Waals surface area contributed by atoms with Crippen LogP contribution in [0, 0.1) is 5.92 Å². The van der Waals surface area contributed by atoms with Gasteiger partial charge in [0.15, 0.2) is 0 Å². The van der Waals surface area contributed by atoms with E-state index in [2.05, 4.69) is 15.5 Å². The van der Waals surface area contributed by atoms with Gasteiger partial charge in [-0.15, -0.1) is 0 Å². The third-order valence-corrected chi connectivity index (χ3v) is 4.53. The van der Waals surface area contributed by atoms with Crippen LogP contribution in [0.15, 0.2) is 16.8 Å². The van der Waals surface area contributed by atoms with Gasteiger partial charge in [-0.2, -0.15) is 0 Å². The molecular formula is C16H22N4O2. The van der Waals surface area contributed by atoms with Crippen molar-refractivity contribution in [1.29, 1.82) is 0 Å². The van der Waals surface area contributed by atoms with Gasteiger partial charge >= 0.3 is 0 Å². The molecule has 6 nitrogen and oxygen atoms in total. The largest absolute Gasteiger partial charge is 0.349 e. The van der Waals surface area contributed by atoms with Gasteiger partial charge in [0.25, 0.3) is 11.6 Å². The minimum Gasteiger partial charge on any atom is -0.349 e. The van der Waals surface area contributed by atoms with Crippen LogP contribution < -0.4 is 11.1 Å². The summed E-state index contributed by atoms with van der Waals surface area (Å²) in [6.07, 6.45) is 6.72. The van der Waals surface area contributed by atoms with Crippen molar-refractivity contribution >= 4 is 17.0 Å². The average molecular weight is 302 g/mol. The van der Waals surface area contributed by atoms with Crippen molar-refractivity contribution in [3.8, 4) is 0 Å². The van der Waals surface area contributed by atoms with Crippen LogP contribution in [0.2, 0.25) is 0 Å². The molecule has 2 aromatic rings. The molecule has 0 aliphatic heterocycles. The van der Waals surface area contributed by atoms with E-state index < -0.39 is 0 Å². The second-order valence-corrected chi connectivity index (χ2v) is 5.92. The van der Waals surface area contributed by atoms with E-state index in [1.165, 1.54) is 6.42 Å². The first-order valence-electron chi connectivity index (χ1n) is 7.98. The van der Waals surface area contributed by atoms with Gasteiger partial charge in [0.05, 0.1) is 16.6 Å². The maximum atomic E-state index is 12.5. The van der Waals surface area contributed by atoms with Gasteiger partial charge in [-0.05, 0) is 37.8 Å². The number of amides is 1. The molecule has 2 unspecified atom stereocenters. The fourth-order valence-electron chi connectivity index (χ4n) is 3.19. The van der Waals surface area contributed by atoms with E-state index in [-0.39, 0.29) is 11.9 Å². The molecule has 1 aliphatic rings. The summed E-state index contributed by atoms with van der Waals surface area (Å²) in [5.74, 6) is 0.277. The summed E-state index contributed by atoms with van der Waals surface area (Å²) in [6, 6.07) is 1.97. The second-order valence-electron chi connectivity index (χ2n) is 5.92. The summed E-state index contributed by atoms with van der Waals surface area (Å²) in [7, 11) is 0. The molecule has 6 heteroatoms. The number of rotatable bonds is 4. The number of nitrogens with one attached hydrogen (secondary N) is 1. The Morgan fingerprint density at radius 1 is 1.45 bits per heavy atom. The first kappa shape index (κ1) is 15.0. The van der Waals surface area contributed by atoms with E-state index in [1.807, 2.05) is 13.0 Å². The number of hydrogen-bond acceptors (Lipinski definition) is 5. The maximum Gasteiger partial charge on any atom is 0.257 e. The van der Waals surface area contributed by atoms with Crippen LogP contribution in [-0.4, -0.2) is 28.6 Å². The third kappa shape index (κ3) is 2.83. The number of nitrogens with two attached hydrogens (primary N) is 1. The van der Waals surface area contributed by atoms with Gasteiger partial charge in [0, 0.05) is 12.2 Å². The highest BCUT2D eigenvalue weighted by molar-refractivity contribution is 5.97. The Hall–Kier alpha value is -1.95. The number of aryl methyl sites for hydroxylation is 1. The Labute approximate surface area is 129 Å². The number of aromatic nitrogens is 2. The van der Waals surface area contributed by atoms with Crippen molar-refractivity contribution in [2.45, 2.75) is 45.1 Å². The van der Waals surface area contributed by atoms with Gasteiger partial charge in [-0.25, -0.2) is 4.98 Å². The van der Waals surface area contributed by atoms with Gasteiger partial charge in [0.1, 0.15) is 0 Å². The minimum atomic E-state index is -0.0944. The lowest BCUT2D eigenvalue weighted by atomic mass is 9.84. The van der Waals surface area contributed by atoms with Crippen molar-refractivity contribution in [2.75, 3.05) is 6.54 Å². The molecular weight excluding hydrogens is 280 g/mol. The molecule has 22 heavy (non-hydrogen) atoms. The van der Waals surface area contributed by atoms with E-state index in [1.54, 1.807) is 6.20 Å². The zero-order valence-corrected chi connectivity index (χ0v) is 12.8. The topological polar surface area (TPSA) is 94.0 Å². The standard InChI is InChI=1S/C16H22N4O2/c1-2-13-12-7-11(9-18-16(12)22-20-13)15(21)19-14-6-4-3-5-10(14)8-17/h7,9-10,14H,2-6,8,17H2,1H3,(H,19,21). The van der Waals surface area contributed by atoms with Crippen LogP contribution in [0.25, 0.3) is 11.1 Å². The highest BCUT2D eigenvalue weighted by Crippen LogP contribution is 2.24. The zero-order chi connectivity index (χ0) is 15.5. The van der Waals surface area contributed by atoms with E-state index in [4.69, 9.17) is 10.3 Å². The molecule has 3 N–H and O–H groups in total.